The highest BCUT2D eigenvalue weighted by molar-refractivity contribution is 7.92. The maximum atomic E-state index is 13.6. The Bertz CT molecular complexity index is 1710. The number of hydrogen-bond acceptors (Lipinski definition) is 5. The van der Waals surface area contributed by atoms with Gasteiger partial charge in [-0.25, -0.2) is 23.2 Å². The summed E-state index contributed by atoms with van der Waals surface area (Å²) in [5.41, 5.74) is 1.29. The third kappa shape index (κ3) is 5.41. The Morgan fingerprint density at radius 2 is 1.82 bits per heavy atom. The predicted molar refractivity (Wildman–Crippen MR) is 139 cm³/mol. The van der Waals surface area contributed by atoms with E-state index in [2.05, 4.69) is 14.7 Å². The minimum atomic E-state index is -4.56. The van der Waals surface area contributed by atoms with Crippen LogP contribution in [0.2, 0.25) is 0 Å². The third-order valence-corrected chi connectivity index (χ3v) is 7.80. The second-order valence-electron chi connectivity index (χ2n) is 8.85. The summed E-state index contributed by atoms with van der Waals surface area (Å²) in [6.45, 7) is 0.226. The largest absolute Gasteiger partial charge is 0.465 e. The standard InChI is InChI=1S/C27H21F3N4O4S/c28-27(29,30)19-4-6-23(24(15-19)17-9-12-34(13-10-17)26(35)36)22-3-1-2-18-14-20(5-7-21(18)22)39(37,38)33-25-8-11-31-16-32-25/h1-9,11,14-16H,10,12-13H2,(H,35,36)(H,31,32,33). The van der Waals surface area contributed by atoms with Crippen molar-refractivity contribution < 1.29 is 31.5 Å². The van der Waals surface area contributed by atoms with E-state index in [4.69, 9.17) is 0 Å². The normalized spacial score (nSPS) is 14.2. The number of carbonyl (C=O) groups is 1. The molecular formula is C27H21F3N4O4S. The highest BCUT2D eigenvalue weighted by Gasteiger charge is 2.32. The van der Waals surface area contributed by atoms with E-state index in [1.807, 2.05) is 0 Å². The molecule has 0 bridgehead atoms. The molecule has 0 aliphatic carbocycles. The fourth-order valence-corrected chi connectivity index (χ4v) is 5.56. The van der Waals surface area contributed by atoms with Crippen LogP contribution < -0.4 is 4.72 Å². The topological polar surface area (TPSA) is 112 Å². The Labute approximate surface area is 221 Å². The molecule has 1 amide bonds. The third-order valence-electron chi connectivity index (χ3n) is 6.45. The minimum Gasteiger partial charge on any atom is -0.465 e. The summed E-state index contributed by atoms with van der Waals surface area (Å²) in [7, 11) is -3.97. The number of sulfonamides is 1. The summed E-state index contributed by atoms with van der Waals surface area (Å²) in [5.74, 6) is 0.107. The van der Waals surface area contributed by atoms with Crippen molar-refractivity contribution in [2.75, 3.05) is 17.8 Å². The highest BCUT2D eigenvalue weighted by atomic mass is 32.2. The van der Waals surface area contributed by atoms with E-state index in [-0.39, 0.29) is 30.2 Å². The van der Waals surface area contributed by atoms with Crippen molar-refractivity contribution in [3.8, 4) is 11.1 Å². The Kier molecular flexibility index (Phi) is 6.73. The van der Waals surface area contributed by atoms with Crippen molar-refractivity contribution in [1.82, 2.24) is 14.9 Å². The molecule has 2 heterocycles. The molecule has 1 aliphatic rings. The molecule has 0 radical (unpaired) electrons. The number of rotatable bonds is 5. The summed E-state index contributed by atoms with van der Waals surface area (Å²) < 4.78 is 69.1. The van der Waals surface area contributed by atoms with Gasteiger partial charge >= 0.3 is 12.3 Å². The lowest BCUT2D eigenvalue weighted by Crippen LogP contribution is -2.33. The molecule has 1 aliphatic heterocycles. The van der Waals surface area contributed by atoms with E-state index in [0.29, 0.717) is 33.0 Å². The van der Waals surface area contributed by atoms with E-state index in [1.54, 1.807) is 30.3 Å². The van der Waals surface area contributed by atoms with Crippen molar-refractivity contribution in [3.05, 3.63) is 90.4 Å². The van der Waals surface area contributed by atoms with Crippen LogP contribution >= 0.6 is 0 Å². The Balaban J connectivity index is 1.60. The molecule has 0 fully saturated rings. The molecule has 0 saturated heterocycles. The van der Waals surface area contributed by atoms with Crippen LogP contribution in [-0.4, -0.2) is 47.6 Å². The lowest BCUT2D eigenvalue weighted by atomic mass is 9.88. The second kappa shape index (κ2) is 10.0. The quantitative estimate of drug-likeness (QED) is 0.319. The van der Waals surface area contributed by atoms with Crippen molar-refractivity contribution >= 4 is 38.3 Å². The number of benzene rings is 3. The number of nitrogens with zero attached hydrogens (tertiary/aromatic N) is 3. The van der Waals surface area contributed by atoms with Gasteiger partial charge in [0, 0.05) is 19.3 Å². The van der Waals surface area contributed by atoms with Gasteiger partial charge in [-0.2, -0.15) is 13.2 Å². The van der Waals surface area contributed by atoms with Gasteiger partial charge in [-0.05, 0) is 69.8 Å². The number of halogens is 3. The van der Waals surface area contributed by atoms with Crippen molar-refractivity contribution in [2.45, 2.75) is 17.5 Å². The molecule has 0 atom stereocenters. The van der Waals surface area contributed by atoms with Gasteiger partial charge in [0.25, 0.3) is 10.0 Å². The van der Waals surface area contributed by atoms with E-state index in [9.17, 15) is 31.5 Å². The van der Waals surface area contributed by atoms with E-state index in [1.165, 1.54) is 41.7 Å². The van der Waals surface area contributed by atoms with Gasteiger partial charge in [-0.3, -0.25) is 4.72 Å². The number of aromatic nitrogens is 2. The smallest absolute Gasteiger partial charge is 0.416 e. The van der Waals surface area contributed by atoms with Crippen molar-refractivity contribution in [3.63, 3.8) is 0 Å². The lowest BCUT2D eigenvalue weighted by molar-refractivity contribution is -0.137. The monoisotopic (exact) mass is 554 g/mol. The zero-order chi connectivity index (χ0) is 27.8. The van der Waals surface area contributed by atoms with Crippen molar-refractivity contribution in [1.29, 1.82) is 0 Å². The molecule has 3 aromatic carbocycles. The zero-order valence-electron chi connectivity index (χ0n) is 20.2. The van der Waals surface area contributed by atoms with E-state index in [0.717, 1.165) is 12.1 Å². The van der Waals surface area contributed by atoms with Crippen LogP contribution in [0.3, 0.4) is 0 Å². The van der Waals surface area contributed by atoms with Gasteiger partial charge in [0.2, 0.25) is 0 Å². The van der Waals surface area contributed by atoms with Gasteiger partial charge in [-0.15, -0.1) is 0 Å². The second-order valence-corrected chi connectivity index (χ2v) is 10.5. The van der Waals surface area contributed by atoms with Crippen LogP contribution in [0, 0.1) is 0 Å². The molecule has 0 spiro atoms. The number of alkyl halides is 3. The number of nitrogens with one attached hydrogen (secondary N) is 1. The maximum absolute atomic E-state index is 13.6. The SMILES string of the molecule is O=C(O)N1CC=C(c2cc(C(F)(F)F)ccc2-c2cccc3cc(S(=O)(=O)Nc4ccncn4)ccc23)CC1. The van der Waals surface area contributed by atoms with E-state index < -0.39 is 27.9 Å². The molecule has 5 rings (SSSR count). The highest BCUT2D eigenvalue weighted by Crippen LogP contribution is 2.40. The van der Waals surface area contributed by atoms with Gasteiger partial charge in [0.05, 0.1) is 10.5 Å². The molecule has 39 heavy (non-hydrogen) atoms. The summed E-state index contributed by atoms with van der Waals surface area (Å²) in [6, 6.07) is 14.6. The zero-order valence-corrected chi connectivity index (χ0v) is 21.0. The van der Waals surface area contributed by atoms with Gasteiger partial charge < -0.3 is 10.0 Å². The molecule has 2 N–H and O–H groups in total. The van der Waals surface area contributed by atoms with Gasteiger partial charge in [0.1, 0.15) is 12.1 Å². The fraction of sp³-hybridized carbons (Fsp3) is 0.148. The molecular weight excluding hydrogens is 533 g/mol. The molecule has 8 nitrogen and oxygen atoms in total. The summed E-state index contributed by atoms with van der Waals surface area (Å²) in [4.78, 5) is 20.1. The number of amides is 1. The van der Waals surface area contributed by atoms with Crippen LogP contribution in [0.15, 0.2) is 84.2 Å². The first-order valence-electron chi connectivity index (χ1n) is 11.7. The number of fused-ring (bicyclic) bond motifs is 1. The minimum absolute atomic E-state index is 0.0119. The number of carboxylic acid groups (broad SMARTS) is 1. The Morgan fingerprint density at radius 1 is 1.00 bits per heavy atom. The summed E-state index contributed by atoms with van der Waals surface area (Å²) in [6.07, 6.45) is -1.15. The van der Waals surface area contributed by atoms with Crippen LogP contribution in [0.4, 0.5) is 23.8 Å². The summed E-state index contributed by atoms with van der Waals surface area (Å²) >= 11 is 0. The molecule has 0 unspecified atom stereocenters. The predicted octanol–water partition coefficient (Wildman–Crippen LogP) is 5.88. The first-order valence-corrected chi connectivity index (χ1v) is 13.2. The van der Waals surface area contributed by atoms with Gasteiger partial charge in [0.15, 0.2) is 0 Å². The van der Waals surface area contributed by atoms with Crippen molar-refractivity contribution in [2.24, 2.45) is 0 Å². The average Bonchev–Trinajstić information content (AvgIpc) is 2.92. The average molecular weight is 555 g/mol. The Hall–Kier alpha value is -4.45. The summed E-state index contributed by atoms with van der Waals surface area (Å²) in [5, 5.41) is 10.5. The maximum Gasteiger partial charge on any atom is 0.416 e. The molecule has 1 aromatic heterocycles. The van der Waals surface area contributed by atoms with Gasteiger partial charge in [-0.1, -0.05) is 36.4 Å². The van der Waals surface area contributed by atoms with Crippen LogP contribution in [0.1, 0.15) is 17.5 Å². The molecule has 12 heteroatoms. The fourth-order valence-electron chi connectivity index (χ4n) is 4.52. The molecule has 4 aromatic rings. The lowest BCUT2D eigenvalue weighted by Gasteiger charge is -2.25. The van der Waals surface area contributed by atoms with Crippen LogP contribution in [-0.2, 0) is 16.2 Å². The van der Waals surface area contributed by atoms with Crippen LogP contribution in [0.25, 0.3) is 27.5 Å². The Morgan fingerprint density at radius 3 is 2.49 bits per heavy atom. The number of anilines is 1. The van der Waals surface area contributed by atoms with E-state index >= 15 is 0 Å². The first kappa shape index (κ1) is 26.2. The number of hydrogen-bond donors (Lipinski definition) is 2. The first-order chi connectivity index (χ1) is 18.5. The molecule has 0 saturated carbocycles. The molecule has 200 valence electrons. The van der Waals surface area contributed by atoms with Crippen LogP contribution in [0.5, 0.6) is 0 Å².